The number of benzene rings is 1. The van der Waals surface area contributed by atoms with Crippen LogP contribution < -0.4 is 4.90 Å². The number of nitrogens with zero attached hydrogens (tertiary/aromatic N) is 1. The number of carboxylic acid groups (broad SMARTS) is 2. The summed E-state index contributed by atoms with van der Waals surface area (Å²) in [7, 11) is 0. The zero-order valence-electron chi connectivity index (χ0n) is 10.4. The van der Waals surface area contributed by atoms with Gasteiger partial charge < -0.3 is 20.2 Å². The van der Waals surface area contributed by atoms with Crippen molar-refractivity contribution in [3.05, 3.63) is 29.3 Å². The molecule has 1 fully saturated rings. The highest BCUT2D eigenvalue weighted by atomic mass is 16.4. The van der Waals surface area contributed by atoms with Gasteiger partial charge in [-0.15, -0.1) is 0 Å². The Hall–Kier alpha value is -2.41. The van der Waals surface area contributed by atoms with Crippen LogP contribution in [0, 0.1) is 5.92 Å². The van der Waals surface area contributed by atoms with E-state index in [0.717, 1.165) is 6.07 Å². The SMILES string of the molecule is O=C(O)c1cc(C(=O)O)cc(N2CC(CO)CC2=O)c1. The summed E-state index contributed by atoms with van der Waals surface area (Å²) < 4.78 is 0. The van der Waals surface area contributed by atoms with Crippen LogP contribution >= 0.6 is 0 Å². The Morgan fingerprint density at radius 2 is 1.70 bits per heavy atom. The third kappa shape index (κ3) is 2.62. The number of aromatic carboxylic acids is 2. The number of carboxylic acids is 2. The Balaban J connectivity index is 2.43. The molecule has 0 radical (unpaired) electrons. The largest absolute Gasteiger partial charge is 0.478 e. The topological polar surface area (TPSA) is 115 Å². The Kier molecular flexibility index (Phi) is 3.71. The lowest BCUT2D eigenvalue weighted by atomic mass is 10.1. The molecule has 1 aromatic rings. The number of carbonyl (C=O) groups is 3. The van der Waals surface area contributed by atoms with E-state index < -0.39 is 11.9 Å². The van der Waals surface area contributed by atoms with Crippen molar-refractivity contribution in [3.8, 4) is 0 Å². The number of anilines is 1. The summed E-state index contributed by atoms with van der Waals surface area (Å²) in [6.07, 6.45) is 0.163. The second-order valence-corrected chi connectivity index (χ2v) is 4.64. The Bertz CT molecular complexity index is 550. The minimum Gasteiger partial charge on any atom is -0.478 e. The van der Waals surface area contributed by atoms with E-state index in [4.69, 9.17) is 15.3 Å². The standard InChI is InChI=1S/C13H13NO6/c15-6-7-1-11(16)14(5-7)10-3-8(12(17)18)2-9(4-10)13(19)20/h2-4,7,15H,1,5-6H2,(H,17,18)(H,19,20). The van der Waals surface area contributed by atoms with Crippen molar-refractivity contribution in [3.63, 3.8) is 0 Å². The number of amides is 1. The molecule has 1 aromatic carbocycles. The van der Waals surface area contributed by atoms with Crippen LogP contribution in [0.5, 0.6) is 0 Å². The molecule has 0 saturated carbocycles. The van der Waals surface area contributed by atoms with E-state index in [2.05, 4.69) is 0 Å². The maximum absolute atomic E-state index is 11.8. The number of aliphatic hydroxyl groups is 1. The van der Waals surface area contributed by atoms with Gasteiger partial charge in [-0.05, 0) is 18.2 Å². The van der Waals surface area contributed by atoms with Gasteiger partial charge in [0, 0.05) is 31.2 Å². The van der Waals surface area contributed by atoms with E-state index in [1.165, 1.54) is 17.0 Å². The number of hydrogen-bond acceptors (Lipinski definition) is 4. The van der Waals surface area contributed by atoms with Gasteiger partial charge in [0.2, 0.25) is 5.91 Å². The van der Waals surface area contributed by atoms with Crippen LogP contribution in [0.3, 0.4) is 0 Å². The first kappa shape index (κ1) is 14.0. The molecule has 0 bridgehead atoms. The average molecular weight is 279 g/mol. The average Bonchev–Trinajstić information content (AvgIpc) is 2.79. The highest BCUT2D eigenvalue weighted by Gasteiger charge is 2.31. The second-order valence-electron chi connectivity index (χ2n) is 4.64. The minimum absolute atomic E-state index is 0.146. The molecule has 1 aliphatic rings. The van der Waals surface area contributed by atoms with Crippen molar-refractivity contribution in [2.75, 3.05) is 18.1 Å². The molecule has 1 heterocycles. The van der Waals surface area contributed by atoms with Crippen LogP contribution in [0.1, 0.15) is 27.1 Å². The lowest BCUT2D eigenvalue weighted by Gasteiger charge is -2.17. The van der Waals surface area contributed by atoms with E-state index in [1.807, 2.05) is 0 Å². The fourth-order valence-corrected chi connectivity index (χ4v) is 2.17. The van der Waals surface area contributed by atoms with Crippen LogP contribution in [0.4, 0.5) is 5.69 Å². The summed E-state index contributed by atoms with van der Waals surface area (Å²) in [4.78, 5) is 35.1. The Morgan fingerprint density at radius 3 is 2.10 bits per heavy atom. The molecule has 7 heteroatoms. The van der Waals surface area contributed by atoms with E-state index in [-0.39, 0.29) is 48.2 Å². The van der Waals surface area contributed by atoms with Crippen molar-refractivity contribution in [2.24, 2.45) is 5.92 Å². The van der Waals surface area contributed by atoms with E-state index in [9.17, 15) is 14.4 Å². The smallest absolute Gasteiger partial charge is 0.335 e. The molecule has 1 saturated heterocycles. The van der Waals surface area contributed by atoms with E-state index >= 15 is 0 Å². The molecule has 1 atom stereocenters. The van der Waals surface area contributed by atoms with Crippen LogP contribution in [-0.4, -0.2) is 46.3 Å². The maximum atomic E-state index is 11.8. The van der Waals surface area contributed by atoms with E-state index in [0.29, 0.717) is 0 Å². The van der Waals surface area contributed by atoms with Crippen LogP contribution in [0.25, 0.3) is 0 Å². The van der Waals surface area contributed by atoms with Crippen LogP contribution in [0.15, 0.2) is 18.2 Å². The lowest BCUT2D eigenvalue weighted by molar-refractivity contribution is -0.117. The third-order valence-corrected chi connectivity index (χ3v) is 3.19. The summed E-state index contributed by atoms with van der Waals surface area (Å²) in [5.41, 5.74) is -0.163. The first-order valence-electron chi connectivity index (χ1n) is 5.95. The van der Waals surface area contributed by atoms with E-state index in [1.54, 1.807) is 0 Å². The van der Waals surface area contributed by atoms with Gasteiger partial charge in [0.1, 0.15) is 0 Å². The van der Waals surface area contributed by atoms with Crippen LogP contribution in [0.2, 0.25) is 0 Å². The molecule has 1 aliphatic heterocycles. The van der Waals surface area contributed by atoms with Gasteiger partial charge in [0.05, 0.1) is 11.1 Å². The van der Waals surface area contributed by atoms with Gasteiger partial charge in [-0.1, -0.05) is 0 Å². The fraction of sp³-hybridized carbons (Fsp3) is 0.308. The molecule has 3 N–H and O–H groups in total. The van der Waals surface area contributed by atoms with Crippen LogP contribution in [-0.2, 0) is 4.79 Å². The lowest BCUT2D eigenvalue weighted by Crippen LogP contribution is -2.25. The first-order valence-corrected chi connectivity index (χ1v) is 5.95. The summed E-state index contributed by atoms with van der Waals surface area (Å²) in [6, 6.07) is 3.55. The molecular formula is C13H13NO6. The summed E-state index contributed by atoms with van der Waals surface area (Å²) in [5.74, 6) is -3.01. The molecule has 20 heavy (non-hydrogen) atoms. The zero-order chi connectivity index (χ0) is 14.9. The molecule has 1 unspecified atom stereocenters. The molecule has 0 aliphatic carbocycles. The van der Waals surface area contributed by atoms with Crippen molar-refractivity contribution < 1.29 is 29.7 Å². The fourth-order valence-electron chi connectivity index (χ4n) is 2.17. The first-order chi connectivity index (χ1) is 9.42. The van der Waals surface area contributed by atoms with Crippen molar-refractivity contribution in [2.45, 2.75) is 6.42 Å². The maximum Gasteiger partial charge on any atom is 0.335 e. The normalized spacial score (nSPS) is 18.4. The van der Waals surface area contributed by atoms with Crippen molar-refractivity contribution >= 4 is 23.5 Å². The molecule has 0 aromatic heterocycles. The summed E-state index contributed by atoms with van der Waals surface area (Å²) in [5, 5.41) is 27.0. The van der Waals surface area contributed by atoms with Crippen molar-refractivity contribution in [1.82, 2.24) is 0 Å². The Labute approximate surface area is 114 Å². The monoisotopic (exact) mass is 279 g/mol. The van der Waals surface area contributed by atoms with Gasteiger partial charge in [0.15, 0.2) is 0 Å². The second kappa shape index (κ2) is 5.30. The summed E-state index contributed by atoms with van der Waals surface area (Å²) in [6.45, 7) is 0.101. The number of hydrogen-bond donors (Lipinski definition) is 3. The molecular weight excluding hydrogens is 266 g/mol. The van der Waals surface area contributed by atoms with Gasteiger partial charge >= 0.3 is 11.9 Å². The van der Waals surface area contributed by atoms with Gasteiger partial charge in [-0.3, -0.25) is 4.79 Å². The van der Waals surface area contributed by atoms with Gasteiger partial charge in [-0.2, -0.15) is 0 Å². The molecule has 2 rings (SSSR count). The summed E-state index contributed by atoms with van der Waals surface area (Å²) >= 11 is 0. The highest BCUT2D eigenvalue weighted by molar-refractivity contribution is 6.00. The molecule has 7 nitrogen and oxygen atoms in total. The quantitative estimate of drug-likeness (QED) is 0.736. The van der Waals surface area contributed by atoms with Gasteiger partial charge in [-0.25, -0.2) is 9.59 Å². The molecule has 0 spiro atoms. The Morgan fingerprint density at radius 1 is 1.15 bits per heavy atom. The minimum atomic E-state index is -1.26. The highest BCUT2D eigenvalue weighted by Crippen LogP contribution is 2.27. The van der Waals surface area contributed by atoms with Gasteiger partial charge in [0.25, 0.3) is 0 Å². The van der Waals surface area contributed by atoms with Crippen molar-refractivity contribution in [1.29, 1.82) is 0 Å². The number of carbonyl (C=O) groups excluding carboxylic acids is 1. The number of aliphatic hydroxyl groups excluding tert-OH is 1. The third-order valence-electron chi connectivity index (χ3n) is 3.19. The zero-order valence-corrected chi connectivity index (χ0v) is 10.4. The molecule has 106 valence electrons. The predicted octanol–water partition coefficient (Wildman–Crippen LogP) is 0.428. The predicted molar refractivity (Wildman–Crippen MR) is 67.9 cm³/mol. The number of rotatable bonds is 4. The molecule has 1 amide bonds.